The topological polar surface area (TPSA) is 12.0 Å². The van der Waals surface area contributed by atoms with Crippen molar-refractivity contribution in [3.8, 4) is 12.3 Å². The number of hydrogen-bond donors (Lipinski definition) is 1. The zero-order chi connectivity index (χ0) is 10.6. The van der Waals surface area contributed by atoms with Crippen LogP contribution in [0, 0.1) is 18.2 Å². The van der Waals surface area contributed by atoms with Crippen molar-refractivity contribution in [1.82, 2.24) is 5.32 Å². The quantitative estimate of drug-likeness (QED) is 0.820. The van der Waals surface area contributed by atoms with Crippen molar-refractivity contribution < 1.29 is 4.39 Å². The lowest BCUT2D eigenvalue weighted by molar-refractivity contribution is 0.541. The fraction of sp³-hybridized carbons (Fsp3) is 0.273. The van der Waals surface area contributed by atoms with E-state index in [1.165, 1.54) is 6.07 Å². The SMILES string of the molecule is C#CCC(NC)c1c(F)cccc1Br. The van der Waals surface area contributed by atoms with Crippen molar-refractivity contribution in [3.05, 3.63) is 34.1 Å². The van der Waals surface area contributed by atoms with Gasteiger partial charge in [0.15, 0.2) is 0 Å². The van der Waals surface area contributed by atoms with Crippen LogP contribution < -0.4 is 5.32 Å². The number of benzene rings is 1. The zero-order valence-corrected chi connectivity index (χ0v) is 9.44. The summed E-state index contributed by atoms with van der Waals surface area (Å²) in [4.78, 5) is 0. The largest absolute Gasteiger partial charge is 0.312 e. The average molecular weight is 256 g/mol. The van der Waals surface area contributed by atoms with Gasteiger partial charge in [0.2, 0.25) is 0 Å². The maximum Gasteiger partial charge on any atom is 0.129 e. The second-order valence-electron chi connectivity index (χ2n) is 2.88. The van der Waals surface area contributed by atoms with E-state index in [0.29, 0.717) is 12.0 Å². The Balaban J connectivity index is 3.09. The van der Waals surface area contributed by atoms with Gasteiger partial charge in [0.25, 0.3) is 0 Å². The third kappa shape index (κ3) is 2.34. The molecule has 0 aromatic heterocycles. The summed E-state index contributed by atoms with van der Waals surface area (Å²) in [6, 6.07) is 4.75. The molecule has 1 unspecified atom stereocenters. The van der Waals surface area contributed by atoms with Crippen molar-refractivity contribution in [2.45, 2.75) is 12.5 Å². The Hall–Kier alpha value is -0.850. The Morgan fingerprint density at radius 3 is 2.86 bits per heavy atom. The third-order valence-corrected chi connectivity index (χ3v) is 2.71. The van der Waals surface area contributed by atoms with Gasteiger partial charge in [-0.05, 0) is 19.2 Å². The summed E-state index contributed by atoms with van der Waals surface area (Å²) in [5, 5.41) is 2.99. The summed E-state index contributed by atoms with van der Waals surface area (Å²) >= 11 is 3.31. The summed E-state index contributed by atoms with van der Waals surface area (Å²) in [6.45, 7) is 0. The minimum atomic E-state index is -0.242. The highest BCUT2D eigenvalue weighted by Gasteiger charge is 2.15. The van der Waals surface area contributed by atoms with Crippen molar-refractivity contribution in [3.63, 3.8) is 0 Å². The Labute approximate surface area is 91.8 Å². The maximum atomic E-state index is 13.5. The van der Waals surface area contributed by atoms with E-state index in [-0.39, 0.29) is 11.9 Å². The van der Waals surface area contributed by atoms with Crippen LogP contribution in [0.2, 0.25) is 0 Å². The first-order chi connectivity index (χ1) is 6.70. The number of terminal acetylenes is 1. The first-order valence-corrected chi connectivity index (χ1v) is 5.04. The Morgan fingerprint density at radius 2 is 2.36 bits per heavy atom. The van der Waals surface area contributed by atoms with Crippen molar-refractivity contribution >= 4 is 15.9 Å². The standard InChI is InChI=1S/C11H11BrFN/c1-3-5-10(14-2)11-8(12)6-4-7-9(11)13/h1,4,6-7,10,14H,5H2,2H3. The predicted octanol–water partition coefficient (Wildman–Crippen LogP) is 2.87. The van der Waals surface area contributed by atoms with E-state index in [0.717, 1.165) is 4.47 Å². The highest BCUT2D eigenvalue weighted by Crippen LogP contribution is 2.27. The number of hydrogen-bond acceptors (Lipinski definition) is 1. The molecule has 0 bridgehead atoms. The predicted molar refractivity (Wildman–Crippen MR) is 59.4 cm³/mol. The molecule has 1 atom stereocenters. The van der Waals surface area contributed by atoms with Crippen LogP contribution in [-0.4, -0.2) is 7.05 Å². The van der Waals surface area contributed by atoms with Crippen LogP contribution >= 0.6 is 15.9 Å². The molecule has 1 rings (SSSR count). The molecule has 0 amide bonds. The van der Waals surface area contributed by atoms with Crippen LogP contribution in [0.3, 0.4) is 0 Å². The van der Waals surface area contributed by atoms with E-state index in [4.69, 9.17) is 6.42 Å². The van der Waals surface area contributed by atoms with Gasteiger partial charge in [-0.2, -0.15) is 0 Å². The Kier molecular flexibility index (Phi) is 4.12. The molecule has 3 heteroatoms. The lowest BCUT2D eigenvalue weighted by Crippen LogP contribution is -2.17. The molecule has 1 nitrogen and oxygen atoms in total. The Morgan fingerprint density at radius 1 is 1.64 bits per heavy atom. The molecule has 0 radical (unpaired) electrons. The minimum absolute atomic E-state index is 0.143. The lowest BCUT2D eigenvalue weighted by Gasteiger charge is -2.16. The maximum absolute atomic E-state index is 13.5. The van der Waals surface area contributed by atoms with Crippen molar-refractivity contribution in [2.24, 2.45) is 0 Å². The summed E-state index contributed by atoms with van der Waals surface area (Å²) in [5.41, 5.74) is 0.591. The van der Waals surface area contributed by atoms with Gasteiger partial charge in [0.05, 0.1) is 0 Å². The number of rotatable bonds is 3. The average Bonchev–Trinajstić information content (AvgIpc) is 2.16. The van der Waals surface area contributed by atoms with Gasteiger partial charge >= 0.3 is 0 Å². The fourth-order valence-electron chi connectivity index (χ4n) is 1.31. The van der Waals surface area contributed by atoms with E-state index >= 15 is 0 Å². The van der Waals surface area contributed by atoms with E-state index in [2.05, 4.69) is 27.2 Å². The van der Waals surface area contributed by atoms with Gasteiger partial charge < -0.3 is 5.32 Å². The van der Waals surface area contributed by atoms with Crippen LogP contribution in [0.1, 0.15) is 18.0 Å². The first-order valence-electron chi connectivity index (χ1n) is 4.25. The normalized spacial score (nSPS) is 12.1. The summed E-state index contributed by atoms with van der Waals surface area (Å²) in [6.07, 6.45) is 5.68. The molecule has 0 heterocycles. The second kappa shape index (κ2) is 5.14. The smallest absolute Gasteiger partial charge is 0.129 e. The molecule has 0 aliphatic carbocycles. The van der Waals surface area contributed by atoms with E-state index in [1.807, 2.05) is 0 Å². The number of nitrogens with one attached hydrogen (secondary N) is 1. The van der Waals surface area contributed by atoms with Crippen molar-refractivity contribution in [1.29, 1.82) is 0 Å². The van der Waals surface area contributed by atoms with E-state index < -0.39 is 0 Å². The van der Waals surface area contributed by atoms with Gasteiger partial charge in [-0.3, -0.25) is 0 Å². The number of halogens is 2. The van der Waals surface area contributed by atoms with Crippen LogP contribution in [0.4, 0.5) is 4.39 Å². The molecular formula is C11H11BrFN. The van der Waals surface area contributed by atoms with Crippen LogP contribution in [0.5, 0.6) is 0 Å². The minimum Gasteiger partial charge on any atom is -0.312 e. The summed E-state index contributed by atoms with van der Waals surface area (Å²) in [5.74, 6) is 2.28. The molecule has 1 N–H and O–H groups in total. The van der Waals surface area contributed by atoms with E-state index in [1.54, 1.807) is 19.2 Å². The summed E-state index contributed by atoms with van der Waals surface area (Å²) < 4.78 is 14.2. The van der Waals surface area contributed by atoms with Crippen LogP contribution in [-0.2, 0) is 0 Å². The van der Waals surface area contributed by atoms with Crippen LogP contribution in [0.15, 0.2) is 22.7 Å². The highest BCUT2D eigenvalue weighted by atomic mass is 79.9. The summed E-state index contributed by atoms with van der Waals surface area (Å²) in [7, 11) is 1.76. The molecule has 0 saturated carbocycles. The zero-order valence-electron chi connectivity index (χ0n) is 7.85. The molecule has 14 heavy (non-hydrogen) atoms. The molecule has 1 aromatic carbocycles. The van der Waals surface area contributed by atoms with Gasteiger partial charge in [0, 0.05) is 22.5 Å². The highest BCUT2D eigenvalue weighted by molar-refractivity contribution is 9.10. The van der Waals surface area contributed by atoms with Gasteiger partial charge in [-0.25, -0.2) is 4.39 Å². The molecule has 0 aliphatic rings. The fourth-order valence-corrected chi connectivity index (χ4v) is 1.93. The van der Waals surface area contributed by atoms with Crippen LogP contribution in [0.25, 0.3) is 0 Å². The molecule has 74 valence electrons. The molecule has 0 saturated heterocycles. The monoisotopic (exact) mass is 255 g/mol. The van der Waals surface area contributed by atoms with Gasteiger partial charge in [-0.15, -0.1) is 12.3 Å². The molecular weight excluding hydrogens is 245 g/mol. The van der Waals surface area contributed by atoms with Gasteiger partial charge in [-0.1, -0.05) is 22.0 Å². The molecule has 0 fully saturated rings. The Bertz CT molecular complexity index is 337. The molecule has 0 spiro atoms. The molecule has 0 aliphatic heterocycles. The van der Waals surface area contributed by atoms with E-state index in [9.17, 15) is 4.39 Å². The third-order valence-electron chi connectivity index (χ3n) is 2.02. The van der Waals surface area contributed by atoms with Gasteiger partial charge in [0.1, 0.15) is 5.82 Å². The van der Waals surface area contributed by atoms with Crippen molar-refractivity contribution in [2.75, 3.05) is 7.05 Å². The first kappa shape index (κ1) is 11.2. The molecule has 1 aromatic rings. The second-order valence-corrected chi connectivity index (χ2v) is 3.74. The lowest BCUT2D eigenvalue weighted by atomic mass is 10.0.